The van der Waals surface area contributed by atoms with Crippen LogP contribution in [0.5, 0.6) is 5.75 Å². The Labute approximate surface area is 139 Å². The summed E-state index contributed by atoms with van der Waals surface area (Å²) in [4.78, 5) is 12.4. The number of aryl methyl sites for hydroxylation is 1. The zero-order valence-electron chi connectivity index (χ0n) is 12.0. The SMILES string of the molecule is Cc1cc(Cl)ccc1NC(=O)C1COc2ccc(Cl)cc2C1. The number of amides is 1. The van der Waals surface area contributed by atoms with E-state index in [9.17, 15) is 4.79 Å². The van der Waals surface area contributed by atoms with Gasteiger partial charge >= 0.3 is 0 Å². The van der Waals surface area contributed by atoms with Crippen LogP contribution in [0.3, 0.4) is 0 Å². The number of carbonyl (C=O) groups excluding carboxylic acids is 1. The van der Waals surface area contributed by atoms with Gasteiger partial charge in [-0.3, -0.25) is 4.79 Å². The molecule has 0 saturated heterocycles. The smallest absolute Gasteiger partial charge is 0.231 e. The van der Waals surface area contributed by atoms with Crippen molar-refractivity contribution in [2.75, 3.05) is 11.9 Å². The van der Waals surface area contributed by atoms with Gasteiger partial charge in [0.2, 0.25) is 5.91 Å². The van der Waals surface area contributed by atoms with Gasteiger partial charge in [0.25, 0.3) is 0 Å². The first kappa shape index (κ1) is 15.2. The van der Waals surface area contributed by atoms with Crippen LogP contribution in [0.2, 0.25) is 10.0 Å². The molecule has 0 saturated carbocycles. The maximum Gasteiger partial charge on any atom is 0.231 e. The summed E-state index contributed by atoms with van der Waals surface area (Å²) in [5.41, 5.74) is 2.67. The van der Waals surface area contributed by atoms with Crippen LogP contribution in [-0.2, 0) is 11.2 Å². The van der Waals surface area contributed by atoms with Crippen molar-refractivity contribution in [1.82, 2.24) is 0 Å². The molecule has 1 amide bonds. The minimum absolute atomic E-state index is 0.0592. The molecular formula is C17H15Cl2NO2. The summed E-state index contributed by atoms with van der Waals surface area (Å²) in [6.07, 6.45) is 0.619. The highest BCUT2D eigenvalue weighted by atomic mass is 35.5. The van der Waals surface area contributed by atoms with Crippen molar-refractivity contribution in [3.8, 4) is 5.75 Å². The van der Waals surface area contributed by atoms with Crippen molar-refractivity contribution in [1.29, 1.82) is 0 Å². The number of carbonyl (C=O) groups is 1. The van der Waals surface area contributed by atoms with E-state index in [0.29, 0.717) is 23.1 Å². The zero-order valence-corrected chi connectivity index (χ0v) is 13.5. The highest BCUT2D eigenvalue weighted by Gasteiger charge is 2.26. The van der Waals surface area contributed by atoms with E-state index in [1.165, 1.54) is 0 Å². The van der Waals surface area contributed by atoms with Gasteiger partial charge in [-0.15, -0.1) is 0 Å². The molecule has 0 aromatic heterocycles. The number of rotatable bonds is 2. The average Bonchev–Trinajstić information content (AvgIpc) is 2.49. The summed E-state index contributed by atoms with van der Waals surface area (Å²) in [6, 6.07) is 10.9. The molecule has 0 radical (unpaired) electrons. The van der Waals surface area contributed by atoms with E-state index >= 15 is 0 Å². The molecule has 1 atom stereocenters. The zero-order chi connectivity index (χ0) is 15.7. The highest BCUT2D eigenvalue weighted by Crippen LogP contribution is 2.30. The molecule has 0 spiro atoms. The second kappa shape index (κ2) is 6.19. The van der Waals surface area contributed by atoms with E-state index in [1.807, 2.05) is 31.2 Å². The van der Waals surface area contributed by atoms with Crippen LogP contribution < -0.4 is 10.1 Å². The van der Waals surface area contributed by atoms with E-state index in [-0.39, 0.29) is 11.8 Å². The van der Waals surface area contributed by atoms with Crippen molar-refractivity contribution >= 4 is 34.8 Å². The number of anilines is 1. The highest BCUT2D eigenvalue weighted by molar-refractivity contribution is 6.31. The normalized spacial score (nSPS) is 16.6. The fraction of sp³-hybridized carbons (Fsp3) is 0.235. The molecule has 1 unspecified atom stereocenters. The molecule has 2 aromatic rings. The summed E-state index contributed by atoms with van der Waals surface area (Å²) < 4.78 is 5.66. The molecule has 0 bridgehead atoms. The first-order chi connectivity index (χ1) is 10.5. The third-order valence-electron chi connectivity index (χ3n) is 3.75. The predicted molar refractivity (Wildman–Crippen MR) is 89.0 cm³/mol. The fourth-order valence-corrected chi connectivity index (χ4v) is 2.95. The van der Waals surface area contributed by atoms with Crippen LogP contribution in [0.25, 0.3) is 0 Å². The maximum atomic E-state index is 12.4. The predicted octanol–water partition coefficient (Wildman–Crippen LogP) is 4.49. The Morgan fingerprint density at radius 2 is 1.91 bits per heavy atom. The van der Waals surface area contributed by atoms with Gasteiger partial charge in [0.1, 0.15) is 12.4 Å². The summed E-state index contributed by atoms with van der Waals surface area (Å²) in [5, 5.41) is 4.24. The standard InChI is InChI=1S/C17H15Cl2NO2/c1-10-6-13(18)2-4-15(10)20-17(21)12-7-11-8-14(19)3-5-16(11)22-9-12/h2-6,8,12H,7,9H2,1H3,(H,20,21). The minimum Gasteiger partial charge on any atom is -0.492 e. The quantitative estimate of drug-likeness (QED) is 0.877. The number of hydrogen-bond acceptors (Lipinski definition) is 2. The third-order valence-corrected chi connectivity index (χ3v) is 4.22. The lowest BCUT2D eigenvalue weighted by molar-refractivity contribution is -0.121. The van der Waals surface area contributed by atoms with E-state index in [1.54, 1.807) is 12.1 Å². The molecule has 1 aliphatic heterocycles. The van der Waals surface area contributed by atoms with Crippen LogP contribution in [-0.4, -0.2) is 12.5 Å². The van der Waals surface area contributed by atoms with Crippen LogP contribution >= 0.6 is 23.2 Å². The van der Waals surface area contributed by atoms with Crippen molar-refractivity contribution in [2.45, 2.75) is 13.3 Å². The first-order valence-corrected chi connectivity index (χ1v) is 7.77. The molecule has 3 nitrogen and oxygen atoms in total. The van der Waals surface area contributed by atoms with Crippen LogP contribution in [0, 0.1) is 12.8 Å². The molecule has 1 heterocycles. The van der Waals surface area contributed by atoms with Crippen molar-refractivity contribution < 1.29 is 9.53 Å². The fourth-order valence-electron chi connectivity index (χ4n) is 2.53. The second-order valence-corrected chi connectivity index (χ2v) is 6.29. The molecular weight excluding hydrogens is 321 g/mol. The summed E-state index contributed by atoms with van der Waals surface area (Å²) in [7, 11) is 0. The number of halogens is 2. The Morgan fingerprint density at radius 1 is 1.18 bits per heavy atom. The van der Waals surface area contributed by atoms with E-state index in [4.69, 9.17) is 27.9 Å². The lowest BCUT2D eigenvalue weighted by atomic mass is 9.96. The monoisotopic (exact) mass is 335 g/mol. The third kappa shape index (κ3) is 3.21. The lowest BCUT2D eigenvalue weighted by Crippen LogP contribution is -2.32. The van der Waals surface area contributed by atoms with Crippen LogP contribution in [0.1, 0.15) is 11.1 Å². The maximum absolute atomic E-state index is 12.4. The average molecular weight is 336 g/mol. The van der Waals surface area contributed by atoms with Gasteiger partial charge in [-0.25, -0.2) is 0 Å². The van der Waals surface area contributed by atoms with Gasteiger partial charge in [0, 0.05) is 15.7 Å². The van der Waals surface area contributed by atoms with E-state index in [0.717, 1.165) is 22.6 Å². The van der Waals surface area contributed by atoms with E-state index < -0.39 is 0 Å². The van der Waals surface area contributed by atoms with Gasteiger partial charge in [-0.05, 0) is 60.9 Å². The molecule has 114 valence electrons. The first-order valence-electron chi connectivity index (χ1n) is 7.01. The Hall–Kier alpha value is -1.71. The van der Waals surface area contributed by atoms with Crippen LogP contribution in [0.15, 0.2) is 36.4 Å². The lowest BCUT2D eigenvalue weighted by Gasteiger charge is -2.25. The number of fused-ring (bicyclic) bond motifs is 1. The molecule has 3 rings (SSSR count). The summed E-state index contributed by atoms with van der Waals surface area (Å²) in [6.45, 7) is 2.28. The van der Waals surface area contributed by atoms with Gasteiger partial charge in [-0.2, -0.15) is 0 Å². The largest absolute Gasteiger partial charge is 0.492 e. The topological polar surface area (TPSA) is 38.3 Å². The van der Waals surface area contributed by atoms with Crippen molar-refractivity contribution in [2.24, 2.45) is 5.92 Å². The molecule has 0 aliphatic carbocycles. The van der Waals surface area contributed by atoms with Gasteiger partial charge in [0.05, 0.1) is 5.92 Å². The number of hydrogen-bond donors (Lipinski definition) is 1. The number of nitrogens with one attached hydrogen (secondary N) is 1. The molecule has 0 fully saturated rings. The summed E-state index contributed by atoms with van der Waals surface area (Å²) in [5.74, 6) is 0.508. The van der Waals surface area contributed by atoms with Crippen molar-refractivity contribution in [3.05, 3.63) is 57.6 Å². The summed E-state index contributed by atoms with van der Waals surface area (Å²) >= 11 is 11.9. The number of ether oxygens (including phenoxy) is 1. The van der Waals surface area contributed by atoms with Gasteiger partial charge < -0.3 is 10.1 Å². The van der Waals surface area contributed by atoms with E-state index in [2.05, 4.69) is 5.32 Å². The Kier molecular flexibility index (Phi) is 4.27. The molecule has 5 heteroatoms. The van der Waals surface area contributed by atoms with Gasteiger partial charge in [0.15, 0.2) is 0 Å². The molecule has 1 aliphatic rings. The molecule has 2 aromatic carbocycles. The van der Waals surface area contributed by atoms with Crippen molar-refractivity contribution in [3.63, 3.8) is 0 Å². The Morgan fingerprint density at radius 3 is 2.68 bits per heavy atom. The van der Waals surface area contributed by atoms with Crippen LogP contribution in [0.4, 0.5) is 5.69 Å². The van der Waals surface area contributed by atoms with Gasteiger partial charge in [-0.1, -0.05) is 23.2 Å². The molecule has 22 heavy (non-hydrogen) atoms. The minimum atomic E-state index is -0.235. The molecule has 1 N–H and O–H groups in total. The second-order valence-electron chi connectivity index (χ2n) is 5.41. The Bertz CT molecular complexity index is 731. The number of benzene rings is 2. The Balaban J connectivity index is 1.74.